The van der Waals surface area contributed by atoms with Gasteiger partial charge < -0.3 is 20.7 Å². The summed E-state index contributed by atoms with van der Waals surface area (Å²) in [5, 5.41) is 3.46. The first-order valence-electron chi connectivity index (χ1n) is 11.8. The van der Waals surface area contributed by atoms with E-state index in [0.29, 0.717) is 40.7 Å². The lowest BCUT2D eigenvalue weighted by atomic mass is 10.1. The number of ether oxygens (including phenoxy) is 1. The number of likely N-dealkylation sites (tertiary alicyclic amines) is 1. The zero-order valence-corrected chi connectivity index (χ0v) is 20.8. The molecular formula is C25H23F5N6OS. The highest BCUT2D eigenvalue weighted by Gasteiger charge is 2.33. The molecule has 0 saturated carbocycles. The van der Waals surface area contributed by atoms with Crippen molar-refractivity contribution in [3.8, 4) is 22.9 Å². The van der Waals surface area contributed by atoms with Gasteiger partial charge in [0.15, 0.2) is 10.9 Å². The molecule has 200 valence electrons. The molecule has 3 N–H and O–H groups in total. The standard InChI is InChI=1S/C25H23F5N6OS/c26-24(27)8-11-36(12-9-24)13-10-32-23-33-17(15-4-6-16(7-5-15)25(28,29)30)14-20(34-23)37-18-2-1-3-19-21(18)35-22(31)38-19/h1-7,14H,8-13H2,(H2,31,35)(H,32,33,34). The summed E-state index contributed by atoms with van der Waals surface area (Å²) in [5.74, 6) is -1.88. The molecule has 5 rings (SSSR count). The second-order valence-corrected chi connectivity index (χ2v) is 9.93. The molecule has 0 bridgehead atoms. The number of nitrogens with zero attached hydrogens (tertiary/aromatic N) is 4. The molecule has 1 fully saturated rings. The number of para-hydroxylation sites is 1. The van der Waals surface area contributed by atoms with Gasteiger partial charge in [-0.1, -0.05) is 29.5 Å². The second kappa shape index (κ2) is 10.3. The van der Waals surface area contributed by atoms with Crippen LogP contribution in [-0.2, 0) is 6.18 Å². The number of aromatic nitrogens is 3. The van der Waals surface area contributed by atoms with Crippen LogP contribution in [0.4, 0.5) is 33.0 Å². The maximum atomic E-state index is 13.4. The van der Waals surface area contributed by atoms with E-state index in [1.54, 1.807) is 12.1 Å². The molecule has 7 nitrogen and oxygen atoms in total. The first-order valence-corrected chi connectivity index (χ1v) is 12.6. The van der Waals surface area contributed by atoms with Crippen LogP contribution < -0.4 is 15.8 Å². The number of hydrogen-bond acceptors (Lipinski definition) is 8. The number of alkyl halides is 5. The monoisotopic (exact) mass is 550 g/mol. The minimum atomic E-state index is -4.46. The fourth-order valence-corrected chi connectivity index (χ4v) is 4.85. The van der Waals surface area contributed by atoms with Crippen molar-refractivity contribution in [2.24, 2.45) is 0 Å². The zero-order chi connectivity index (χ0) is 26.9. The number of rotatable bonds is 7. The van der Waals surface area contributed by atoms with E-state index in [2.05, 4.69) is 20.3 Å². The first kappa shape index (κ1) is 26.0. The predicted octanol–water partition coefficient (Wildman–Crippen LogP) is 6.29. The van der Waals surface area contributed by atoms with E-state index in [4.69, 9.17) is 10.5 Å². The van der Waals surface area contributed by atoms with Gasteiger partial charge in [-0.05, 0) is 24.3 Å². The summed E-state index contributed by atoms with van der Waals surface area (Å²) in [6.07, 6.45) is -4.83. The van der Waals surface area contributed by atoms with Crippen molar-refractivity contribution in [1.82, 2.24) is 19.9 Å². The summed E-state index contributed by atoms with van der Waals surface area (Å²) >= 11 is 1.31. The van der Waals surface area contributed by atoms with Gasteiger partial charge in [-0.15, -0.1) is 0 Å². The van der Waals surface area contributed by atoms with Gasteiger partial charge >= 0.3 is 6.18 Å². The van der Waals surface area contributed by atoms with E-state index >= 15 is 0 Å². The Kier molecular flexibility index (Phi) is 7.05. The van der Waals surface area contributed by atoms with Gasteiger partial charge in [-0.3, -0.25) is 0 Å². The van der Waals surface area contributed by atoms with Gasteiger partial charge in [0.1, 0.15) is 5.52 Å². The third-order valence-electron chi connectivity index (χ3n) is 6.12. The number of nitrogens with one attached hydrogen (secondary N) is 1. The average molecular weight is 551 g/mol. The summed E-state index contributed by atoms with van der Waals surface area (Å²) < 4.78 is 72.8. The van der Waals surface area contributed by atoms with Crippen molar-refractivity contribution >= 4 is 32.6 Å². The molecule has 0 aliphatic carbocycles. The average Bonchev–Trinajstić information content (AvgIpc) is 3.26. The summed E-state index contributed by atoms with van der Waals surface area (Å²) in [7, 11) is 0. The van der Waals surface area contributed by atoms with E-state index in [1.807, 2.05) is 11.0 Å². The molecule has 13 heteroatoms. The van der Waals surface area contributed by atoms with Crippen molar-refractivity contribution in [2.45, 2.75) is 24.9 Å². The Bertz CT molecular complexity index is 1420. The molecule has 1 aliphatic heterocycles. The quantitative estimate of drug-likeness (QED) is 0.262. The molecule has 0 amide bonds. The minimum absolute atomic E-state index is 0.147. The lowest BCUT2D eigenvalue weighted by molar-refractivity contribution is -0.137. The number of thiazole rings is 1. The van der Waals surface area contributed by atoms with E-state index in [1.165, 1.54) is 29.5 Å². The maximum absolute atomic E-state index is 13.4. The molecule has 0 radical (unpaired) electrons. The maximum Gasteiger partial charge on any atom is 0.416 e. The highest BCUT2D eigenvalue weighted by atomic mass is 32.1. The SMILES string of the molecule is Nc1nc2c(Oc3cc(-c4ccc(C(F)(F)F)cc4)nc(NCCN4CCC(F)(F)CC4)n3)cccc2s1. The lowest BCUT2D eigenvalue weighted by Gasteiger charge is -2.31. The molecular weight excluding hydrogens is 527 g/mol. The Morgan fingerprint density at radius 3 is 2.47 bits per heavy atom. The number of fused-ring (bicyclic) bond motifs is 1. The van der Waals surface area contributed by atoms with E-state index < -0.39 is 17.7 Å². The molecule has 0 spiro atoms. The number of hydrogen-bond donors (Lipinski definition) is 2. The van der Waals surface area contributed by atoms with Crippen LogP contribution in [0.2, 0.25) is 0 Å². The van der Waals surface area contributed by atoms with Crippen LogP contribution in [0.15, 0.2) is 48.5 Å². The van der Waals surface area contributed by atoms with Crippen LogP contribution in [0.1, 0.15) is 18.4 Å². The largest absolute Gasteiger partial charge is 0.437 e. The highest BCUT2D eigenvalue weighted by Crippen LogP contribution is 2.35. The normalized spacial score (nSPS) is 16.0. The molecule has 2 aromatic heterocycles. The Hall–Kier alpha value is -3.58. The van der Waals surface area contributed by atoms with E-state index in [0.717, 1.165) is 16.8 Å². The number of halogens is 5. The van der Waals surface area contributed by atoms with Gasteiger partial charge in [0.2, 0.25) is 11.8 Å². The summed E-state index contributed by atoms with van der Waals surface area (Å²) in [6.45, 7) is 1.45. The molecule has 0 atom stereocenters. The van der Waals surface area contributed by atoms with Crippen LogP contribution in [0.5, 0.6) is 11.6 Å². The summed E-state index contributed by atoms with van der Waals surface area (Å²) in [5.41, 5.74) is 6.40. The Morgan fingerprint density at radius 2 is 1.76 bits per heavy atom. The third kappa shape index (κ3) is 6.10. The molecule has 38 heavy (non-hydrogen) atoms. The molecule has 1 aliphatic rings. The Labute approximate surface area is 218 Å². The third-order valence-corrected chi connectivity index (χ3v) is 6.97. The lowest BCUT2D eigenvalue weighted by Crippen LogP contribution is -2.41. The van der Waals surface area contributed by atoms with Crippen molar-refractivity contribution < 1.29 is 26.7 Å². The zero-order valence-electron chi connectivity index (χ0n) is 19.9. The van der Waals surface area contributed by atoms with Crippen LogP contribution in [-0.4, -0.2) is 52.0 Å². The van der Waals surface area contributed by atoms with Crippen LogP contribution in [0.25, 0.3) is 21.5 Å². The summed E-state index contributed by atoms with van der Waals surface area (Å²) in [4.78, 5) is 15.1. The molecule has 1 saturated heterocycles. The molecule has 4 aromatic rings. The van der Waals surface area contributed by atoms with Gasteiger partial charge in [-0.2, -0.15) is 18.2 Å². The predicted molar refractivity (Wildman–Crippen MR) is 136 cm³/mol. The number of anilines is 2. The van der Waals surface area contributed by atoms with Gasteiger partial charge in [-0.25, -0.2) is 18.7 Å². The number of nitrogen functional groups attached to an aromatic ring is 1. The van der Waals surface area contributed by atoms with Crippen LogP contribution in [0.3, 0.4) is 0 Å². The summed E-state index contributed by atoms with van der Waals surface area (Å²) in [6, 6.07) is 11.5. The number of benzene rings is 2. The van der Waals surface area contributed by atoms with Crippen molar-refractivity contribution in [3.63, 3.8) is 0 Å². The Balaban J connectivity index is 1.40. The number of piperidine rings is 1. The minimum Gasteiger partial charge on any atom is -0.437 e. The topological polar surface area (TPSA) is 89.2 Å². The fraction of sp³-hybridized carbons (Fsp3) is 0.320. The van der Waals surface area contributed by atoms with Crippen molar-refractivity contribution in [3.05, 3.63) is 54.1 Å². The molecule has 3 heterocycles. The first-order chi connectivity index (χ1) is 18.1. The van der Waals surface area contributed by atoms with Gasteiger partial charge in [0.25, 0.3) is 5.92 Å². The van der Waals surface area contributed by atoms with E-state index in [9.17, 15) is 22.0 Å². The Morgan fingerprint density at radius 1 is 1.03 bits per heavy atom. The second-order valence-electron chi connectivity index (χ2n) is 8.87. The van der Waals surface area contributed by atoms with Gasteiger partial charge in [0, 0.05) is 50.7 Å². The van der Waals surface area contributed by atoms with Crippen molar-refractivity contribution in [1.29, 1.82) is 0 Å². The smallest absolute Gasteiger partial charge is 0.416 e. The van der Waals surface area contributed by atoms with E-state index in [-0.39, 0.29) is 37.8 Å². The molecule has 2 aromatic carbocycles. The van der Waals surface area contributed by atoms with Crippen molar-refractivity contribution in [2.75, 3.05) is 37.2 Å². The fourth-order valence-electron chi connectivity index (χ4n) is 4.10. The van der Waals surface area contributed by atoms with Crippen LogP contribution in [0, 0.1) is 0 Å². The van der Waals surface area contributed by atoms with Gasteiger partial charge in [0.05, 0.1) is 16.0 Å². The number of nitrogens with two attached hydrogens (primary N) is 1. The molecule has 0 unspecified atom stereocenters. The highest BCUT2D eigenvalue weighted by molar-refractivity contribution is 7.22. The van der Waals surface area contributed by atoms with Crippen LogP contribution >= 0.6 is 11.3 Å².